The molecule has 0 amide bonds. The van der Waals surface area contributed by atoms with Crippen LogP contribution in [0.2, 0.25) is 5.02 Å². The molecule has 1 heterocycles. The molecule has 0 spiro atoms. The number of rotatable bonds is 7. The van der Waals surface area contributed by atoms with Crippen molar-refractivity contribution >= 4 is 45.9 Å². The Bertz CT molecular complexity index is 778. The summed E-state index contributed by atoms with van der Waals surface area (Å²) < 4.78 is 4.84. The molecule has 0 aliphatic rings. The molecule has 24 heavy (non-hydrogen) atoms. The second-order valence-corrected chi connectivity index (χ2v) is 5.79. The average molecular weight is 369 g/mol. The Morgan fingerprint density at radius 3 is 3.04 bits per heavy atom. The highest BCUT2D eigenvalue weighted by Crippen LogP contribution is 2.20. The topological polar surface area (TPSA) is 107 Å². The molecule has 1 N–H and O–H groups in total. The van der Waals surface area contributed by atoms with Crippen LogP contribution in [0.4, 0.5) is 10.8 Å². The van der Waals surface area contributed by atoms with E-state index in [1.807, 2.05) is 0 Å². The van der Waals surface area contributed by atoms with E-state index in [1.165, 1.54) is 29.7 Å². The Hall–Kier alpha value is -2.52. The predicted octanol–water partition coefficient (Wildman–Crippen LogP) is 3.26. The van der Waals surface area contributed by atoms with E-state index in [0.717, 1.165) is 0 Å². The molecule has 0 unspecified atom stereocenters. The van der Waals surface area contributed by atoms with Crippen molar-refractivity contribution in [3.63, 3.8) is 0 Å². The van der Waals surface area contributed by atoms with Crippen LogP contribution in [0.1, 0.15) is 18.2 Å². The van der Waals surface area contributed by atoms with E-state index in [9.17, 15) is 14.9 Å². The number of ether oxygens (including phenoxy) is 1. The van der Waals surface area contributed by atoms with Gasteiger partial charge in [-0.2, -0.15) is 5.10 Å². The van der Waals surface area contributed by atoms with Crippen LogP contribution in [0.5, 0.6) is 0 Å². The summed E-state index contributed by atoms with van der Waals surface area (Å²) in [6.45, 7) is 2.06. The van der Waals surface area contributed by atoms with Gasteiger partial charge in [-0.3, -0.25) is 20.3 Å². The maximum absolute atomic E-state index is 11.4. The van der Waals surface area contributed by atoms with E-state index in [0.29, 0.717) is 23.0 Å². The standard InChI is InChI=1S/C14H13ClN4O4S/c1-2-23-13(20)6-11-8-24-14(17-11)18-16-7-9-3-10(15)5-12(4-9)19(21)22/h3-5,7-8H,2,6H2,1H3,(H,17,18). The van der Waals surface area contributed by atoms with E-state index in [1.54, 1.807) is 18.4 Å². The lowest BCUT2D eigenvalue weighted by atomic mass is 10.2. The summed E-state index contributed by atoms with van der Waals surface area (Å²) >= 11 is 7.10. The number of thiazole rings is 1. The average Bonchev–Trinajstić information content (AvgIpc) is 2.94. The lowest BCUT2D eigenvalue weighted by Crippen LogP contribution is -2.07. The fourth-order valence-corrected chi connectivity index (χ4v) is 2.63. The Morgan fingerprint density at radius 2 is 2.33 bits per heavy atom. The van der Waals surface area contributed by atoms with Crippen molar-refractivity contribution in [3.05, 3.63) is 50.0 Å². The molecule has 0 saturated carbocycles. The van der Waals surface area contributed by atoms with Gasteiger partial charge in [0.2, 0.25) is 5.13 Å². The predicted molar refractivity (Wildman–Crippen MR) is 91.8 cm³/mol. The number of hydrogen-bond donors (Lipinski definition) is 1. The third-order valence-corrected chi connectivity index (χ3v) is 3.69. The third-order valence-electron chi connectivity index (χ3n) is 2.67. The van der Waals surface area contributed by atoms with Gasteiger partial charge < -0.3 is 4.74 Å². The van der Waals surface area contributed by atoms with Gasteiger partial charge in [0.15, 0.2) is 0 Å². The Morgan fingerprint density at radius 1 is 1.54 bits per heavy atom. The van der Waals surface area contributed by atoms with Crippen molar-refractivity contribution in [2.45, 2.75) is 13.3 Å². The number of esters is 1. The minimum atomic E-state index is -0.529. The van der Waals surface area contributed by atoms with E-state index < -0.39 is 4.92 Å². The summed E-state index contributed by atoms with van der Waals surface area (Å²) in [5, 5.41) is 17.2. The fourth-order valence-electron chi connectivity index (χ4n) is 1.74. The molecule has 1 aromatic carbocycles. The van der Waals surface area contributed by atoms with E-state index in [4.69, 9.17) is 16.3 Å². The van der Waals surface area contributed by atoms with Crippen LogP contribution < -0.4 is 5.43 Å². The number of carbonyl (C=O) groups excluding carboxylic acids is 1. The number of carbonyl (C=O) groups is 1. The molecule has 126 valence electrons. The van der Waals surface area contributed by atoms with Gasteiger partial charge in [-0.1, -0.05) is 11.6 Å². The number of non-ortho nitro benzene ring substituents is 1. The number of nitrogens with one attached hydrogen (secondary N) is 1. The third kappa shape index (κ3) is 5.28. The number of aromatic nitrogens is 1. The van der Waals surface area contributed by atoms with Gasteiger partial charge in [0.25, 0.3) is 5.69 Å². The van der Waals surface area contributed by atoms with Gasteiger partial charge >= 0.3 is 5.97 Å². The molecule has 10 heteroatoms. The molecule has 0 fully saturated rings. The Kier molecular flexibility index (Phi) is 6.21. The first kappa shape index (κ1) is 17.8. The maximum Gasteiger partial charge on any atom is 0.311 e. The molecule has 8 nitrogen and oxygen atoms in total. The largest absolute Gasteiger partial charge is 0.466 e. The van der Waals surface area contributed by atoms with Crippen LogP contribution in [-0.4, -0.2) is 28.7 Å². The van der Waals surface area contributed by atoms with Crippen molar-refractivity contribution in [1.82, 2.24) is 4.98 Å². The second kappa shape index (κ2) is 8.37. The van der Waals surface area contributed by atoms with Crippen molar-refractivity contribution in [2.24, 2.45) is 5.10 Å². The fraction of sp³-hybridized carbons (Fsp3) is 0.214. The summed E-state index contributed by atoms with van der Waals surface area (Å²) in [4.78, 5) is 25.8. The second-order valence-electron chi connectivity index (χ2n) is 4.50. The van der Waals surface area contributed by atoms with Gasteiger partial charge in [0.1, 0.15) is 0 Å². The Balaban J connectivity index is 1.98. The quantitative estimate of drug-likeness (QED) is 0.348. The van der Waals surface area contributed by atoms with Gasteiger partial charge in [-0.05, 0) is 13.0 Å². The van der Waals surface area contributed by atoms with Crippen LogP contribution in [0.15, 0.2) is 28.7 Å². The summed E-state index contributed by atoms with van der Waals surface area (Å²) in [5.74, 6) is -0.343. The van der Waals surface area contributed by atoms with Gasteiger partial charge in [-0.25, -0.2) is 4.98 Å². The monoisotopic (exact) mass is 368 g/mol. The van der Waals surface area contributed by atoms with Crippen LogP contribution in [0, 0.1) is 10.1 Å². The SMILES string of the molecule is CCOC(=O)Cc1csc(NN=Cc2cc(Cl)cc([N+](=O)[O-])c2)n1. The number of halogens is 1. The first-order valence-electron chi connectivity index (χ1n) is 6.82. The number of benzene rings is 1. The molecule has 0 aliphatic carbocycles. The molecule has 1 aromatic heterocycles. The van der Waals surface area contributed by atoms with Crippen molar-refractivity contribution in [2.75, 3.05) is 12.0 Å². The molecule has 2 aromatic rings. The van der Waals surface area contributed by atoms with Crippen LogP contribution in [0.25, 0.3) is 0 Å². The number of nitro benzene ring substituents is 1. The zero-order valence-corrected chi connectivity index (χ0v) is 14.1. The molecule has 0 atom stereocenters. The van der Waals surface area contributed by atoms with Crippen molar-refractivity contribution < 1.29 is 14.5 Å². The minimum Gasteiger partial charge on any atom is -0.466 e. The van der Waals surface area contributed by atoms with Crippen LogP contribution >= 0.6 is 22.9 Å². The molecule has 0 bridgehead atoms. The van der Waals surface area contributed by atoms with Crippen LogP contribution in [0.3, 0.4) is 0 Å². The lowest BCUT2D eigenvalue weighted by Gasteiger charge is -1.98. The zero-order valence-electron chi connectivity index (χ0n) is 12.6. The van der Waals surface area contributed by atoms with Crippen LogP contribution in [-0.2, 0) is 16.0 Å². The molecule has 2 rings (SSSR count). The van der Waals surface area contributed by atoms with Gasteiger partial charge in [0, 0.05) is 28.1 Å². The smallest absolute Gasteiger partial charge is 0.311 e. The molecular formula is C14H13ClN4O4S. The zero-order chi connectivity index (χ0) is 17.5. The van der Waals surface area contributed by atoms with Gasteiger partial charge in [0.05, 0.1) is 29.9 Å². The normalized spacial score (nSPS) is 10.8. The number of nitrogens with zero attached hydrogens (tertiary/aromatic N) is 3. The summed E-state index contributed by atoms with van der Waals surface area (Å²) in [6.07, 6.45) is 1.49. The molecule has 0 radical (unpaired) electrons. The summed E-state index contributed by atoms with van der Waals surface area (Å²) in [7, 11) is 0. The summed E-state index contributed by atoms with van der Waals surface area (Å²) in [5.41, 5.74) is 3.64. The highest BCUT2D eigenvalue weighted by Gasteiger charge is 2.09. The van der Waals surface area contributed by atoms with Crippen molar-refractivity contribution in [3.8, 4) is 0 Å². The molecule has 0 aliphatic heterocycles. The number of hydrazone groups is 1. The Labute approximate surface area is 146 Å². The highest BCUT2D eigenvalue weighted by atomic mass is 35.5. The lowest BCUT2D eigenvalue weighted by molar-refractivity contribution is -0.384. The number of nitro groups is 1. The summed E-state index contributed by atoms with van der Waals surface area (Å²) in [6, 6.07) is 4.16. The highest BCUT2D eigenvalue weighted by molar-refractivity contribution is 7.13. The van der Waals surface area contributed by atoms with E-state index in [2.05, 4.69) is 15.5 Å². The number of hydrogen-bond acceptors (Lipinski definition) is 8. The first-order valence-corrected chi connectivity index (χ1v) is 8.07. The maximum atomic E-state index is 11.4. The number of anilines is 1. The van der Waals surface area contributed by atoms with Crippen molar-refractivity contribution in [1.29, 1.82) is 0 Å². The minimum absolute atomic E-state index is 0.0935. The molecular weight excluding hydrogens is 356 g/mol. The van der Waals surface area contributed by atoms with E-state index >= 15 is 0 Å². The van der Waals surface area contributed by atoms with E-state index in [-0.39, 0.29) is 23.1 Å². The first-order chi connectivity index (χ1) is 11.5. The van der Waals surface area contributed by atoms with Gasteiger partial charge in [-0.15, -0.1) is 11.3 Å². The molecule has 0 saturated heterocycles.